The van der Waals surface area contributed by atoms with Gasteiger partial charge in [-0.3, -0.25) is 0 Å². The fourth-order valence-electron chi connectivity index (χ4n) is 1.92. The van der Waals surface area contributed by atoms with Gasteiger partial charge in [-0.05, 0) is 31.4 Å². The fourth-order valence-corrected chi connectivity index (χ4v) is 2.46. The second-order valence-electron chi connectivity index (χ2n) is 4.62. The van der Waals surface area contributed by atoms with Crippen LogP contribution in [0.15, 0.2) is 16.6 Å². The lowest BCUT2D eigenvalue weighted by Gasteiger charge is -2.27. The second kappa shape index (κ2) is 6.45. The number of benzene rings is 1. The van der Waals surface area contributed by atoms with Crippen LogP contribution in [0.5, 0.6) is 11.5 Å². The quantitative estimate of drug-likeness (QED) is 0.831. The number of aliphatic hydroxyl groups is 1. The molecule has 20 heavy (non-hydrogen) atoms. The van der Waals surface area contributed by atoms with Gasteiger partial charge >= 0.3 is 5.97 Å². The van der Waals surface area contributed by atoms with E-state index < -0.39 is 12.1 Å². The van der Waals surface area contributed by atoms with Crippen molar-refractivity contribution in [2.24, 2.45) is 0 Å². The Kier molecular flexibility index (Phi) is 4.88. The fraction of sp³-hybridized carbons (Fsp3) is 0.500. The lowest BCUT2D eigenvalue weighted by molar-refractivity contribution is -0.150. The highest BCUT2D eigenvalue weighted by Crippen LogP contribution is 2.38. The van der Waals surface area contributed by atoms with Gasteiger partial charge in [-0.25, -0.2) is 4.79 Å². The van der Waals surface area contributed by atoms with Crippen LogP contribution in [0.1, 0.15) is 30.9 Å². The third kappa shape index (κ3) is 3.07. The molecule has 0 aromatic heterocycles. The Labute approximate surface area is 126 Å². The molecule has 1 saturated carbocycles. The zero-order valence-electron chi connectivity index (χ0n) is 11.4. The van der Waals surface area contributed by atoms with Crippen LogP contribution < -0.4 is 9.47 Å². The zero-order chi connectivity index (χ0) is 14.7. The highest BCUT2D eigenvalue weighted by atomic mass is 79.9. The van der Waals surface area contributed by atoms with Crippen molar-refractivity contribution in [2.45, 2.75) is 31.5 Å². The SMILES string of the molecule is COC(=O)C(O)c1cc(OC2CCC2)c(OC)cc1Br. The molecule has 1 unspecified atom stereocenters. The van der Waals surface area contributed by atoms with Crippen LogP contribution in [0.2, 0.25) is 0 Å². The van der Waals surface area contributed by atoms with E-state index in [1.54, 1.807) is 19.2 Å². The van der Waals surface area contributed by atoms with Crippen molar-refractivity contribution in [3.05, 3.63) is 22.2 Å². The molecule has 1 aromatic carbocycles. The summed E-state index contributed by atoms with van der Waals surface area (Å²) in [6, 6.07) is 3.29. The van der Waals surface area contributed by atoms with E-state index in [0.717, 1.165) is 19.3 Å². The van der Waals surface area contributed by atoms with Gasteiger partial charge in [-0.1, -0.05) is 15.9 Å². The molecule has 0 bridgehead atoms. The van der Waals surface area contributed by atoms with Crippen molar-refractivity contribution in [1.29, 1.82) is 0 Å². The Morgan fingerprint density at radius 1 is 1.35 bits per heavy atom. The first-order valence-electron chi connectivity index (χ1n) is 6.36. The van der Waals surface area contributed by atoms with E-state index in [2.05, 4.69) is 20.7 Å². The molecule has 1 aromatic rings. The van der Waals surface area contributed by atoms with Gasteiger partial charge in [0.1, 0.15) is 0 Å². The molecule has 1 aliphatic carbocycles. The summed E-state index contributed by atoms with van der Waals surface area (Å²) >= 11 is 3.31. The summed E-state index contributed by atoms with van der Waals surface area (Å²) < 4.78 is 16.2. The Hall–Kier alpha value is -1.27. The molecule has 0 saturated heterocycles. The third-order valence-electron chi connectivity index (χ3n) is 3.35. The van der Waals surface area contributed by atoms with Gasteiger partial charge in [0.15, 0.2) is 17.6 Å². The maximum Gasteiger partial charge on any atom is 0.339 e. The third-order valence-corrected chi connectivity index (χ3v) is 4.03. The van der Waals surface area contributed by atoms with Crippen LogP contribution in [0, 0.1) is 0 Å². The van der Waals surface area contributed by atoms with E-state index in [-0.39, 0.29) is 6.10 Å². The van der Waals surface area contributed by atoms with E-state index >= 15 is 0 Å². The van der Waals surface area contributed by atoms with E-state index in [4.69, 9.17) is 9.47 Å². The Bertz CT molecular complexity index is 499. The van der Waals surface area contributed by atoms with Crippen molar-refractivity contribution in [2.75, 3.05) is 14.2 Å². The number of halogens is 1. The summed E-state index contributed by atoms with van der Waals surface area (Å²) in [7, 11) is 2.78. The van der Waals surface area contributed by atoms with Crippen molar-refractivity contribution in [3.63, 3.8) is 0 Å². The number of aliphatic hydroxyl groups excluding tert-OH is 1. The number of carbonyl (C=O) groups excluding carboxylic acids is 1. The molecular formula is C14H17BrO5. The van der Waals surface area contributed by atoms with Crippen molar-refractivity contribution in [3.8, 4) is 11.5 Å². The average Bonchev–Trinajstić information content (AvgIpc) is 2.41. The topological polar surface area (TPSA) is 65.0 Å². The number of methoxy groups -OCH3 is 2. The highest BCUT2D eigenvalue weighted by Gasteiger charge is 2.25. The van der Waals surface area contributed by atoms with Gasteiger partial charge in [0, 0.05) is 10.0 Å². The first-order chi connectivity index (χ1) is 9.56. The molecule has 0 heterocycles. The maximum atomic E-state index is 11.5. The number of hydrogen-bond acceptors (Lipinski definition) is 5. The first kappa shape index (κ1) is 15.1. The minimum absolute atomic E-state index is 0.174. The van der Waals surface area contributed by atoms with Gasteiger partial charge in [-0.2, -0.15) is 0 Å². The molecule has 1 fully saturated rings. The molecule has 0 aliphatic heterocycles. The molecule has 0 amide bonds. The number of esters is 1. The van der Waals surface area contributed by atoms with Gasteiger partial charge < -0.3 is 19.3 Å². The minimum atomic E-state index is -1.36. The van der Waals surface area contributed by atoms with E-state index in [9.17, 15) is 9.90 Å². The average molecular weight is 345 g/mol. The van der Waals surface area contributed by atoms with Crippen LogP contribution in [-0.4, -0.2) is 31.4 Å². The second-order valence-corrected chi connectivity index (χ2v) is 5.48. The molecule has 0 radical (unpaired) electrons. The summed E-state index contributed by atoms with van der Waals surface area (Å²) in [5.74, 6) is 0.369. The first-order valence-corrected chi connectivity index (χ1v) is 7.16. The molecule has 1 aliphatic rings. The molecular weight excluding hydrogens is 328 g/mol. The van der Waals surface area contributed by atoms with Crippen molar-refractivity contribution < 1.29 is 24.1 Å². The van der Waals surface area contributed by atoms with Crippen LogP contribution in [0.3, 0.4) is 0 Å². The van der Waals surface area contributed by atoms with Gasteiger partial charge in [0.25, 0.3) is 0 Å². The molecule has 0 spiro atoms. The van der Waals surface area contributed by atoms with Crippen molar-refractivity contribution >= 4 is 21.9 Å². The van der Waals surface area contributed by atoms with E-state index in [0.29, 0.717) is 21.5 Å². The predicted molar refractivity (Wildman–Crippen MR) is 75.9 cm³/mol. The minimum Gasteiger partial charge on any atom is -0.493 e. The van der Waals surface area contributed by atoms with Crippen LogP contribution in [0.4, 0.5) is 0 Å². The van der Waals surface area contributed by atoms with E-state index in [1.807, 2.05) is 0 Å². The zero-order valence-corrected chi connectivity index (χ0v) is 13.0. The summed E-state index contributed by atoms with van der Waals surface area (Å²) in [5.41, 5.74) is 0.395. The molecule has 110 valence electrons. The lowest BCUT2D eigenvalue weighted by atomic mass is 9.96. The largest absolute Gasteiger partial charge is 0.493 e. The monoisotopic (exact) mass is 344 g/mol. The molecule has 6 heteroatoms. The van der Waals surface area contributed by atoms with Crippen molar-refractivity contribution in [1.82, 2.24) is 0 Å². The number of ether oxygens (including phenoxy) is 3. The standard InChI is InChI=1S/C14H17BrO5/c1-18-11-7-10(15)9(13(16)14(17)19-2)6-12(11)20-8-4-3-5-8/h6-8,13,16H,3-5H2,1-2H3. The highest BCUT2D eigenvalue weighted by molar-refractivity contribution is 9.10. The molecule has 5 nitrogen and oxygen atoms in total. The Morgan fingerprint density at radius 3 is 2.55 bits per heavy atom. The Balaban J connectivity index is 2.31. The summed E-state index contributed by atoms with van der Waals surface area (Å²) in [6.07, 6.45) is 1.99. The lowest BCUT2D eigenvalue weighted by Crippen LogP contribution is -2.25. The van der Waals surface area contributed by atoms with E-state index in [1.165, 1.54) is 7.11 Å². The summed E-state index contributed by atoms with van der Waals surface area (Å²) in [6.45, 7) is 0. The number of rotatable bonds is 5. The van der Waals surface area contributed by atoms with Gasteiger partial charge in [0.2, 0.25) is 0 Å². The number of carbonyl (C=O) groups is 1. The summed E-state index contributed by atoms with van der Waals surface area (Å²) in [5, 5.41) is 9.96. The van der Waals surface area contributed by atoms with Crippen LogP contribution in [-0.2, 0) is 9.53 Å². The molecule has 1 atom stereocenters. The normalized spacial score (nSPS) is 16.2. The molecule has 2 rings (SSSR count). The maximum absolute atomic E-state index is 11.5. The predicted octanol–water partition coefficient (Wildman–Crippen LogP) is 2.60. The van der Waals surface area contributed by atoms with Gasteiger partial charge in [-0.15, -0.1) is 0 Å². The van der Waals surface area contributed by atoms with Crippen LogP contribution >= 0.6 is 15.9 Å². The van der Waals surface area contributed by atoms with Gasteiger partial charge in [0.05, 0.1) is 20.3 Å². The smallest absolute Gasteiger partial charge is 0.339 e. The number of hydrogen-bond donors (Lipinski definition) is 1. The Morgan fingerprint density at radius 2 is 2.05 bits per heavy atom. The molecule has 1 N–H and O–H groups in total. The summed E-state index contributed by atoms with van der Waals surface area (Å²) in [4.78, 5) is 11.5. The van der Waals surface area contributed by atoms with Crippen LogP contribution in [0.25, 0.3) is 0 Å².